The second-order valence-electron chi connectivity index (χ2n) is 2.47. The van der Waals surface area contributed by atoms with Crippen LogP contribution in [0.5, 0.6) is 0 Å². The lowest BCUT2D eigenvalue weighted by atomic mass is 10.7. The van der Waals surface area contributed by atoms with Gasteiger partial charge >= 0.3 is 12.2 Å². The van der Waals surface area contributed by atoms with Crippen LogP contribution in [0.25, 0.3) is 0 Å². The SMILES string of the molecule is COC(=O)N=C(NC(=O)OC)n1cccn1. The van der Waals surface area contributed by atoms with Crippen LogP contribution in [-0.2, 0) is 9.47 Å². The van der Waals surface area contributed by atoms with Crippen LogP contribution in [-0.4, -0.2) is 42.1 Å². The van der Waals surface area contributed by atoms with Gasteiger partial charge in [-0.3, -0.25) is 5.32 Å². The largest absolute Gasteiger partial charge is 0.453 e. The van der Waals surface area contributed by atoms with Crippen LogP contribution < -0.4 is 5.32 Å². The predicted octanol–water partition coefficient (Wildman–Crippen LogP) is 0.210. The highest BCUT2D eigenvalue weighted by Crippen LogP contribution is 1.89. The summed E-state index contributed by atoms with van der Waals surface area (Å²) in [5.41, 5.74) is 0. The van der Waals surface area contributed by atoms with E-state index in [1.165, 1.54) is 31.3 Å². The monoisotopic (exact) mass is 226 g/mol. The van der Waals surface area contributed by atoms with Crippen LogP contribution in [0.1, 0.15) is 0 Å². The van der Waals surface area contributed by atoms with Gasteiger partial charge in [0.25, 0.3) is 0 Å². The molecular formula is C8H10N4O4. The van der Waals surface area contributed by atoms with E-state index in [-0.39, 0.29) is 5.96 Å². The lowest BCUT2D eigenvalue weighted by molar-refractivity contribution is 0.176. The Morgan fingerprint density at radius 3 is 2.62 bits per heavy atom. The highest BCUT2D eigenvalue weighted by Gasteiger charge is 2.10. The third-order valence-electron chi connectivity index (χ3n) is 1.49. The van der Waals surface area contributed by atoms with Crippen LogP contribution in [0.2, 0.25) is 0 Å². The summed E-state index contributed by atoms with van der Waals surface area (Å²) < 4.78 is 9.89. The summed E-state index contributed by atoms with van der Waals surface area (Å²) in [5, 5.41) is 6.02. The summed E-state index contributed by atoms with van der Waals surface area (Å²) in [6, 6.07) is 1.60. The molecule has 0 saturated carbocycles. The van der Waals surface area contributed by atoms with Gasteiger partial charge in [-0.15, -0.1) is 4.99 Å². The molecule has 1 rings (SSSR count). The molecule has 0 spiro atoms. The standard InChI is InChI=1S/C8H10N4O4/c1-15-7(13)10-6(11-8(14)16-2)12-5-3-4-9-12/h3-5H,1-2H3,(H,10,11,13,14). The molecule has 16 heavy (non-hydrogen) atoms. The normalized spacial score (nSPS) is 10.8. The number of hydrogen-bond donors (Lipinski definition) is 1. The minimum absolute atomic E-state index is 0.108. The molecule has 0 aromatic carbocycles. The summed E-state index contributed by atoms with van der Waals surface area (Å²) in [6.07, 6.45) is 1.34. The van der Waals surface area contributed by atoms with E-state index in [9.17, 15) is 9.59 Å². The third kappa shape index (κ3) is 3.08. The molecule has 0 radical (unpaired) electrons. The number of nitrogens with one attached hydrogen (secondary N) is 1. The van der Waals surface area contributed by atoms with E-state index in [2.05, 4.69) is 24.9 Å². The molecule has 1 aromatic heterocycles. The van der Waals surface area contributed by atoms with Gasteiger partial charge in [0.1, 0.15) is 0 Å². The van der Waals surface area contributed by atoms with Crippen molar-refractivity contribution in [2.75, 3.05) is 14.2 Å². The average Bonchev–Trinajstić information content (AvgIpc) is 2.81. The average molecular weight is 226 g/mol. The number of hydrogen-bond acceptors (Lipinski definition) is 5. The number of aliphatic imine (C=N–C) groups is 1. The second kappa shape index (κ2) is 5.49. The Kier molecular flexibility index (Phi) is 4.01. The smallest absolute Gasteiger partial charge is 0.436 e. The maximum absolute atomic E-state index is 11.0. The van der Waals surface area contributed by atoms with E-state index < -0.39 is 12.2 Å². The molecule has 0 aliphatic rings. The summed E-state index contributed by atoms with van der Waals surface area (Å²) in [5.74, 6) is -0.108. The Bertz CT molecular complexity index is 398. The molecule has 1 N–H and O–H groups in total. The highest BCUT2D eigenvalue weighted by atomic mass is 16.5. The Hall–Kier alpha value is -2.38. The van der Waals surface area contributed by atoms with E-state index >= 15 is 0 Å². The number of amides is 2. The maximum atomic E-state index is 11.0. The van der Waals surface area contributed by atoms with Gasteiger partial charge in [-0.05, 0) is 6.07 Å². The number of carbonyl (C=O) groups excluding carboxylic acids is 2. The first-order valence-corrected chi connectivity index (χ1v) is 4.19. The van der Waals surface area contributed by atoms with Gasteiger partial charge in [0.15, 0.2) is 0 Å². The number of rotatable bonds is 0. The molecule has 0 bridgehead atoms. The fourth-order valence-electron chi connectivity index (χ4n) is 0.805. The van der Waals surface area contributed by atoms with E-state index in [0.29, 0.717) is 0 Å². The van der Waals surface area contributed by atoms with Gasteiger partial charge in [-0.2, -0.15) is 5.10 Å². The van der Waals surface area contributed by atoms with Crippen molar-refractivity contribution < 1.29 is 19.1 Å². The van der Waals surface area contributed by atoms with E-state index in [1.54, 1.807) is 6.07 Å². The number of methoxy groups -OCH3 is 2. The van der Waals surface area contributed by atoms with Gasteiger partial charge in [-0.25, -0.2) is 14.3 Å². The first-order chi connectivity index (χ1) is 7.67. The van der Waals surface area contributed by atoms with E-state index in [0.717, 1.165) is 0 Å². The van der Waals surface area contributed by atoms with Crippen molar-refractivity contribution in [2.24, 2.45) is 4.99 Å². The molecule has 1 heterocycles. The highest BCUT2D eigenvalue weighted by molar-refractivity contribution is 5.99. The van der Waals surface area contributed by atoms with Crippen LogP contribution in [0.15, 0.2) is 23.5 Å². The molecule has 0 atom stereocenters. The molecular weight excluding hydrogens is 216 g/mol. The van der Waals surface area contributed by atoms with E-state index in [1.807, 2.05) is 0 Å². The Morgan fingerprint density at radius 2 is 2.12 bits per heavy atom. The van der Waals surface area contributed by atoms with Crippen molar-refractivity contribution in [3.05, 3.63) is 18.5 Å². The van der Waals surface area contributed by atoms with Crippen molar-refractivity contribution in [1.29, 1.82) is 0 Å². The number of carbonyl (C=O) groups is 2. The van der Waals surface area contributed by atoms with Gasteiger partial charge in [0, 0.05) is 12.4 Å². The predicted molar refractivity (Wildman–Crippen MR) is 53.0 cm³/mol. The lowest BCUT2D eigenvalue weighted by Crippen LogP contribution is -2.36. The first-order valence-electron chi connectivity index (χ1n) is 4.19. The molecule has 8 nitrogen and oxygen atoms in total. The van der Waals surface area contributed by atoms with Crippen molar-refractivity contribution in [3.8, 4) is 0 Å². The maximum Gasteiger partial charge on any atom is 0.436 e. The molecule has 86 valence electrons. The molecule has 0 saturated heterocycles. The fraction of sp³-hybridized carbons (Fsp3) is 0.250. The van der Waals surface area contributed by atoms with Crippen LogP contribution in [0, 0.1) is 0 Å². The van der Waals surface area contributed by atoms with Gasteiger partial charge in [0.2, 0.25) is 5.96 Å². The van der Waals surface area contributed by atoms with Crippen molar-refractivity contribution in [1.82, 2.24) is 15.1 Å². The van der Waals surface area contributed by atoms with Crippen LogP contribution in [0.3, 0.4) is 0 Å². The zero-order chi connectivity index (χ0) is 12.0. The Morgan fingerprint density at radius 1 is 1.38 bits per heavy atom. The molecule has 1 aromatic rings. The summed E-state index contributed by atoms with van der Waals surface area (Å²) >= 11 is 0. The molecule has 0 fully saturated rings. The summed E-state index contributed by atoms with van der Waals surface area (Å²) in [7, 11) is 2.36. The minimum atomic E-state index is -0.859. The van der Waals surface area contributed by atoms with Crippen molar-refractivity contribution in [3.63, 3.8) is 0 Å². The first kappa shape index (κ1) is 11.7. The molecule has 0 unspecified atom stereocenters. The number of nitrogens with zero attached hydrogens (tertiary/aromatic N) is 3. The van der Waals surface area contributed by atoms with Crippen LogP contribution >= 0.6 is 0 Å². The lowest BCUT2D eigenvalue weighted by Gasteiger charge is -2.06. The molecule has 0 aliphatic carbocycles. The zero-order valence-electron chi connectivity index (χ0n) is 8.71. The van der Waals surface area contributed by atoms with E-state index in [4.69, 9.17) is 0 Å². The minimum Gasteiger partial charge on any atom is -0.453 e. The molecule has 0 aliphatic heterocycles. The second-order valence-corrected chi connectivity index (χ2v) is 2.47. The number of aromatic nitrogens is 2. The van der Waals surface area contributed by atoms with Crippen molar-refractivity contribution >= 4 is 18.1 Å². The van der Waals surface area contributed by atoms with Gasteiger partial charge in [0.05, 0.1) is 14.2 Å². The molecule has 2 amide bonds. The van der Waals surface area contributed by atoms with Gasteiger partial charge < -0.3 is 9.47 Å². The Balaban J connectivity index is 2.90. The summed E-state index contributed by atoms with van der Waals surface area (Å²) in [6.45, 7) is 0. The third-order valence-corrected chi connectivity index (χ3v) is 1.49. The quantitative estimate of drug-likeness (QED) is 0.504. The Labute approximate surface area is 90.9 Å². The zero-order valence-corrected chi connectivity index (χ0v) is 8.71. The fourth-order valence-corrected chi connectivity index (χ4v) is 0.805. The topological polar surface area (TPSA) is 94.8 Å². The summed E-state index contributed by atoms with van der Waals surface area (Å²) in [4.78, 5) is 25.4. The van der Waals surface area contributed by atoms with Gasteiger partial charge in [-0.1, -0.05) is 0 Å². The number of ether oxygens (including phenoxy) is 2. The number of alkyl carbamates (subject to hydrolysis) is 1. The van der Waals surface area contributed by atoms with Crippen molar-refractivity contribution in [2.45, 2.75) is 0 Å². The van der Waals surface area contributed by atoms with Crippen LogP contribution in [0.4, 0.5) is 9.59 Å². The molecule has 8 heteroatoms.